The van der Waals surface area contributed by atoms with Crippen molar-refractivity contribution >= 4 is 12.1 Å². The molecule has 1 aliphatic rings. The van der Waals surface area contributed by atoms with Crippen molar-refractivity contribution in [1.29, 1.82) is 0 Å². The fourth-order valence-corrected chi connectivity index (χ4v) is 2.71. The van der Waals surface area contributed by atoms with Gasteiger partial charge in [-0.05, 0) is 51.2 Å². The van der Waals surface area contributed by atoms with Crippen LogP contribution in [-0.2, 0) is 9.47 Å². The van der Waals surface area contributed by atoms with Crippen LogP contribution in [0.4, 0.5) is 4.79 Å². The average Bonchev–Trinajstić information content (AvgIpc) is 2.61. The Morgan fingerprint density at radius 3 is 2.32 bits per heavy atom. The van der Waals surface area contributed by atoms with Crippen molar-refractivity contribution in [2.75, 3.05) is 20.2 Å². The summed E-state index contributed by atoms with van der Waals surface area (Å²) in [6, 6.07) is 3.73. The van der Waals surface area contributed by atoms with Crippen molar-refractivity contribution in [3.8, 4) is 0 Å². The van der Waals surface area contributed by atoms with E-state index in [1.807, 2.05) is 46.8 Å². The number of hydrogen-bond acceptors (Lipinski definition) is 5. The number of amides is 1. The van der Waals surface area contributed by atoms with Crippen molar-refractivity contribution in [2.24, 2.45) is 0 Å². The van der Waals surface area contributed by atoms with Gasteiger partial charge in [-0.15, -0.1) is 0 Å². The Morgan fingerprint density at radius 1 is 1.20 bits per heavy atom. The number of rotatable bonds is 2. The van der Waals surface area contributed by atoms with E-state index in [4.69, 9.17) is 9.47 Å². The van der Waals surface area contributed by atoms with Crippen LogP contribution in [0.15, 0.2) is 18.3 Å². The zero-order valence-corrected chi connectivity index (χ0v) is 16.2. The van der Waals surface area contributed by atoms with Gasteiger partial charge in [-0.3, -0.25) is 0 Å². The summed E-state index contributed by atoms with van der Waals surface area (Å²) in [5.74, 6) is -0.230. The molecule has 25 heavy (non-hydrogen) atoms. The van der Waals surface area contributed by atoms with Crippen LogP contribution in [-0.4, -0.2) is 47.7 Å². The molecule has 1 saturated heterocycles. The highest BCUT2D eigenvalue weighted by molar-refractivity contribution is 5.89. The van der Waals surface area contributed by atoms with Gasteiger partial charge in [0.2, 0.25) is 0 Å². The normalized spacial score (nSPS) is 15.0. The molecule has 6 nitrogen and oxygen atoms in total. The van der Waals surface area contributed by atoms with Gasteiger partial charge in [0.25, 0.3) is 0 Å². The third-order valence-corrected chi connectivity index (χ3v) is 3.80. The smallest absolute Gasteiger partial charge is 0.410 e. The highest BCUT2D eigenvalue weighted by Crippen LogP contribution is 2.30. The topological polar surface area (TPSA) is 68.7 Å². The van der Waals surface area contributed by atoms with E-state index >= 15 is 0 Å². The number of aromatic nitrogens is 1. The Morgan fingerprint density at radius 2 is 1.80 bits per heavy atom. The van der Waals surface area contributed by atoms with E-state index in [1.54, 1.807) is 11.1 Å². The molecule has 0 atom stereocenters. The number of ether oxygens (including phenoxy) is 2. The minimum absolute atomic E-state index is 0.191. The number of carbonyl (C=O) groups excluding carboxylic acids is 2. The van der Waals surface area contributed by atoms with Crippen molar-refractivity contribution in [2.45, 2.75) is 59.0 Å². The van der Waals surface area contributed by atoms with Gasteiger partial charge in [0.15, 0.2) is 5.69 Å². The predicted molar refractivity (Wildman–Crippen MR) is 96.7 cm³/mol. The first kappa shape index (κ1) is 20.9. The van der Waals surface area contributed by atoms with Gasteiger partial charge < -0.3 is 14.4 Å². The molecule has 0 aromatic carbocycles. The zero-order chi connectivity index (χ0) is 19.0. The summed E-state index contributed by atoms with van der Waals surface area (Å²) >= 11 is 0. The lowest BCUT2D eigenvalue weighted by molar-refractivity contribution is 0.0203. The lowest BCUT2D eigenvalue weighted by Crippen LogP contribution is -2.41. The molecule has 1 aromatic heterocycles. The molecule has 1 amide bonds. The van der Waals surface area contributed by atoms with Gasteiger partial charge in [-0.2, -0.15) is 0 Å². The summed E-state index contributed by atoms with van der Waals surface area (Å²) in [6.45, 7) is 10.8. The van der Waals surface area contributed by atoms with E-state index in [2.05, 4.69) is 4.98 Å². The highest BCUT2D eigenvalue weighted by Gasteiger charge is 2.29. The van der Waals surface area contributed by atoms with Crippen molar-refractivity contribution in [1.82, 2.24) is 9.88 Å². The van der Waals surface area contributed by atoms with Crippen LogP contribution in [0.2, 0.25) is 0 Å². The van der Waals surface area contributed by atoms with Crippen LogP contribution in [0.3, 0.4) is 0 Å². The van der Waals surface area contributed by atoms with Gasteiger partial charge in [-0.25, -0.2) is 14.6 Å². The van der Waals surface area contributed by atoms with E-state index < -0.39 is 11.6 Å². The molecule has 140 valence electrons. The molecule has 2 heterocycles. The summed E-state index contributed by atoms with van der Waals surface area (Å²) in [6.07, 6.45) is 2.85. The van der Waals surface area contributed by atoms with E-state index in [-0.39, 0.29) is 12.0 Å². The molecule has 0 spiro atoms. The number of piperidine rings is 1. The largest absolute Gasteiger partial charge is 0.464 e. The minimum atomic E-state index is -0.491. The Bertz CT molecular complexity index is 573. The molecule has 0 radical (unpaired) electrons. The van der Waals surface area contributed by atoms with Crippen molar-refractivity contribution in [3.63, 3.8) is 0 Å². The molecule has 0 N–H and O–H groups in total. The minimum Gasteiger partial charge on any atom is -0.464 e. The lowest BCUT2D eigenvalue weighted by Gasteiger charge is -2.33. The lowest BCUT2D eigenvalue weighted by atomic mass is 9.88. The maximum absolute atomic E-state index is 12.1. The van der Waals surface area contributed by atoms with E-state index in [9.17, 15) is 9.59 Å². The standard InChI is InChI=1S/C17H24N2O4.C2H6/c1-17(2,3)23-16(21)19-10-7-12(8-11-19)13-6-5-9-18-14(13)15(20)22-4;1-2/h5-6,9,12H,7-8,10-11H2,1-4H3;1-2H3. The zero-order valence-electron chi connectivity index (χ0n) is 16.2. The second-order valence-corrected chi connectivity index (χ2v) is 6.67. The molecule has 6 heteroatoms. The Kier molecular flexibility index (Phi) is 7.87. The molecular formula is C19H30N2O4. The predicted octanol–water partition coefficient (Wildman–Crippen LogP) is 4.01. The average molecular weight is 350 g/mol. The highest BCUT2D eigenvalue weighted by atomic mass is 16.6. The molecule has 1 aliphatic heterocycles. The van der Waals surface area contributed by atoms with Gasteiger partial charge >= 0.3 is 12.1 Å². The fraction of sp³-hybridized carbons (Fsp3) is 0.632. The van der Waals surface area contributed by atoms with Gasteiger partial charge in [0.1, 0.15) is 5.60 Å². The fourth-order valence-electron chi connectivity index (χ4n) is 2.71. The summed E-state index contributed by atoms with van der Waals surface area (Å²) in [7, 11) is 1.35. The van der Waals surface area contributed by atoms with E-state index in [1.165, 1.54) is 7.11 Å². The first-order valence-electron chi connectivity index (χ1n) is 8.83. The molecule has 1 aromatic rings. The summed E-state index contributed by atoms with van der Waals surface area (Å²) in [4.78, 5) is 29.8. The molecule has 2 rings (SSSR count). The third-order valence-electron chi connectivity index (χ3n) is 3.80. The van der Waals surface area contributed by atoms with Crippen molar-refractivity contribution < 1.29 is 19.1 Å². The van der Waals surface area contributed by atoms with Crippen LogP contribution >= 0.6 is 0 Å². The van der Waals surface area contributed by atoms with E-state index in [0.717, 1.165) is 18.4 Å². The molecule has 0 aliphatic carbocycles. The van der Waals surface area contributed by atoms with Gasteiger partial charge in [0, 0.05) is 19.3 Å². The number of likely N-dealkylation sites (tertiary alicyclic amines) is 1. The summed E-state index contributed by atoms with van der Waals surface area (Å²) < 4.78 is 10.2. The molecular weight excluding hydrogens is 320 g/mol. The number of methoxy groups -OCH3 is 1. The Balaban J connectivity index is 0.00000151. The van der Waals surface area contributed by atoms with Crippen LogP contribution < -0.4 is 0 Å². The second-order valence-electron chi connectivity index (χ2n) is 6.67. The molecule has 1 fully saturated rings. The number of nitrogens with zero attached hydrogens (tertiary/aromatic N) is 2. The Labute approximate surface area is 150 Å². The SMILES string of the molecule is CC.COC(=O)c1ncccc1C1CCN(C(=O)OC(C)(C)C)CC1. The number of hydrogen-bond donors (Lipinski definition) is 0. The van der Waals surface area contributed by atoms with Crippen LogP contribution in [0.25, 0.3) is 0 Å². The maximum Gasteiger partial charge on any atom is 0.410 e. The van der Waals surface area contributed by atoms with Gasteiger partial charge in [-0.1, -0.05) is 19.9 Å². The summed E-state index contributed by atoms with van der Waals surface area (Å²) in [5, 5.41) is 0. The van der Waals surface area contributed by atoms with Crippen LogP contribution in [0, 0.1) is 0 Å². The molecule has 0 saturated carbocycles. The van der Waals surface area contributed by atoms with Crippen LogP contribution in [0.1, 0.15) is 69.4 Å². The maximum atomic E-state index is 12.1. The van der Waals surface area contributed by atoms with Crippen LogP contribution in [0.5, 0.6) is 0 Å². The first-order chi connectivity index (χ1) is 11.8. The number of carbonyl (C=O) groups is 2. The van der Waals surface area contributed by atoms with Crippen molar-refractivity contribution in [3.05, 3.63) is 29.6 Å². The van der Waals surface area contributed by atoms with E-state index in [0.29, 0.717) is 18.8 Å². The molecule has 0 unspecified atom stereocenters. The number of esters is 1. The third kappa shape index (κ3) is 6.03. The quantitative estimate of drug-likeness (QED) is 0.754. The first-order valence-corrected chi connectivity index (χ1v) is 8.83. The second kappa shape index (κ2) is 9.39. The summed E-state index contributed by atoms with van der Waals surface area (Å²) in [5.41, 5.74) is 0.768. The molecule has 0 bridgehead atoms. The Hall–Kier alpha value is -2.11. The monoisotopic (exact) mass is 350 g/mol. The van der Waals surface area contributed by atoms with Gasteiger partial charge in [0.05, 0.1) is 7.11 Å². The number of pyridine rings is 1.